The highest BCUT2D eigenvalue weighted by atomic mass is 19.4. The Morgan fingerprint density at radius 1 is 1.03 bits per heavy atom. The standard InChI is InChI=1S/C30H30F3NO4/c1-29-19-23(35)10-13-26(29)25(27(28(36)38-29)21-6-8-22(9-7-21)30(31,32)33)18-20-4-11-24(12-5-20)37-17-16-34-14-2-3-15-34/h4-13,35H,2-3,14-19H2,1H3. The summed E-state index contributed by atoms with van der Waals surface area (Å²) in [6, 6.07) is 12.2. The summed E-state index contributed by atoms with van der Waals surface area (Å²) < 4.78 is 51.1. The van der Waals surface area contributed by atoms with E-state index in [-0.39, 0.29) is 17.8 Å². The molecule has 1 saturated heterocycles. The lowest BCUT2D eigenvalue weighted by atomic mass is 9.76. The second-order valence-corrected chi connectivity index (χ2v) is 10.2. The summed E-state index contributed by atoms with van der Waals surface area (Å²) in [4.78, 5) is 15.7. The minimum absolute atomic E-state index is 0.0943. The van der Waals surface area contributed by atoms with Crippen LogP contribution in [0.3, 0.4) is 0 Å². The van der Waals surface area contributed by atoms with Crippen LogP contribution in [0.1, 0.15) is 42.9 Å². The van der Waals surface area contributed by atoms with Gasteiger partial charge in [-0.15, -0.1) is 0 Å². The van der Waals surface area contributed by atoms with Crippen molar-refractivity contribution in [3.8, 4) is 5.75 Å². The van der Waals surface area contributed by atoms with Crippen LogP contribution in [-0.2, 0) is 22.1 Å². The molecule has 0 amide bonds. The van der Waals surface area contributed by atoms with Gasteiger partial charge in [0, 0.05) is 18.5 Å². The van der Waals surface area contributed by atoms with Gasteiger partial charge in [-0.2, -0.15) is 13.2 Å². The van der Waals surface area contributed by atoms with Gasteiger partial charge < -0.3 is 14.6 Å². The predicted octanol–water partition coefficient (Wildman–Crippen LogP) is 6.26. The molecular weight excluding hydrogens is 495 g/mol. The Morgan fingerprint density at radius 2 is 1.71 bits per heavy atom. The van der Waals surface area contributed by atoms with Gasteiger partial charge in [-0.1, -0.05) is 30.3 Å². The van der Waals surface area contributed by atoms with Crippen LogP contribution >= 0.6 is 0 Å². The highest BCUT2D eigenvalue weighted by Gasteiger charge is 2.44. The molecule has 5 rings (SSSR count). The number of rotatable bonds is 7. The normalized spacial score (nSPS) is 22.1. The fourth-order valence-electron chi connectivity index (χ4n) is 5.39. The first-order chi connectivity index (χ1) is 18.1. The molecule has 3 aliphatic rings. The summed E-state index contributed by atoms with van der Waals surface area (Å²) in [7, 11) is 0. The lowest BCUT2D eigenvalue weighted by Gasteiger charge is -2.40. The van der Waals surface area contributed by atoms with E-state index in [2.05, 4.69) is 4.90 Å². The Bertz CT molecular complexity index is 1290. The number of likely N-dealkylation sites (tertiary alicyclic amines) is 1. The molecule has 5 nitrogen and oxygen atoms in total. The molecule has 0 saturated carbocycles. The number of benzene rings is 2. The Hall–Kier alpha value is -3.52. The van der Waals surface area contributed by atoms with Crippen molar-refractivity contribution in [1.82, 2.24) is 4.90 Å². The number of aliphatic hydroxyl groups is 1. The fraction of sp³-hybridized carbons (Fsp3) is 0.367. The number of nitrogens with zero attached hydrogens (tertiary/aromatic N) is 1. The first-order valence-corrected chi connectivity index (χ1v) is 12.8. The van der Waals surface area contributed by atoms with E-state index in [0.29, 0.717) is 24.2 Å². The summed E-state index contributed by atoms with van der Waals surface area (Å²) in [6.45, 7) is 5.46. The maximum Gasteiger partial charge on any atom is 0.416 e. The second kappa shape index (κ2) is 10.3. The number of fused-ring (bicyclic) bond motifs is 1. The van der Waals surface area contributed by atoms with Gasteiger partial charge in [0.15, 0.2) is 0 Å². The van der Waals surface area contributed by atoms with Crippen LogP contribution in [0.2, 0.25) is 0 Å². The van der Waals surface area contributed by atoms with Crippen molar-refractivity contribution in [1.29, 1.82) is 0 Å². The molecule has 0 bridgehead atoms. The maximum atomic E-state index is 13.3. The molecule has 2 aliphatic heterocycles. The van der Waals surface area contributed by atoms with E-state index in [4.69, 9.17) is 9.47 Å². The van der Waals surface area contributed by atoms with Crippen molar-refractivity contribution in [2.24, 2.45) is 0 Å². The minimum Gasteiger partial charge on any atom is -0.512 e. The smallest absolute Gasteiger partial charge is 0.416 e. The fourth-order valence-corrected chi connectivity index (χ4v) is 5.39. The lowest BCUT2D eigenvalue weighted by molar-refractivity contribution is -0.148. The summed E-state index contributed by atoms with van der Waals surface area (Å²) in [6.07, 6.45) is 1.76. The molecule has 2 heterocycles. The van der Waals surface area contributed by atoms with Crippen LogP contribution in [0.4, 0.5) is 13.2 Å². The largest absolute Gasteiger partial charge is 0.512 e. The van der Waals surface area contributed by atoms with Crippen LogP contribution < -0.4 is 4.74 Å². The van der Waals surface area contributed by atoms with E-state index in [9.17, 15) is 23.1 Å². The van der Waals surface area contributed by atoms with Crippen molar-refractivity contribution in [3.05, 3.63) is 94.3 Å². The third-order valence-electron chi connectivity index (χ3n) is 7.36. The Morgan fingerprint density at radius 3 is 2.37 bits per heavy atom. The quantitative estimate of drug-likeness (QED) is 0.432. The van der Waals surface area contributed by atoms with Crippen molar-refractivity contribution in [2.75, 3.05) is 26.2 Å². The molecule has 1 atom stereocenters. The van der Waals surface area contributed by atoms with E-state index in [1.165, 1.54) is 25.0 Å². The SMILES string of the molecule is CC12CC(O)=CC=C1C(Cc1ccc(OCCN3CCCC3)cc1)=C(c1ccc(C(F)(F)F)cc1)C(=O)O2. The van der Waals surface area contributed by atoms with Crippen molar-refractivity contribution in [2.45, 2.75) is 44.4 Å². The van der Waals surface area contributed by atoms with Crippen molar-refractivity contribution >= 4 is 11.5 Å². The maximum absolute atomic E-state index is 13.3. The summed E-state index contributed by atoms with van der Waals surface area (Å²) >= 11 is 0. The van der Waals surface area contributed by atoms with E-state index in [0.717, 1.165) is 48.7 Å². The number of carbonyl (C=O) groups excluding carboxylic acids is 1. The predicted molar refractivity (Wildman–Crippen MR) is 138 cm³/mol. The molecular formula is C30H30F3NO4. The molecule has 1 unspecified atom stereocenters. The van der Waals surface area contributed by atoms with Crippen molar-refractivity contribution < 1.29 is 32.5 Å². The van der Waals surface area contributed by atoms with E-state index >= 15 is 0 Å². The molecule has 1 aliphatic carbocycles. The van der Waals surface area contributed by atoms with Crippen molar-refractivity contribution in [3.63, 3.8) is 0 Å². The zero-order valence-electron chi connectivity index (χ0n) is 21.2. The number of alkyl halides is 3. The molecule has 0 radical (unpaired) electrons. The number of esters is 1. The monoisotopic (exact) mass is 525 g/mol. The number of hydrogen-bond acceptors (Lipinski definition) is 5. The number of hydrogen-bond donors (Lipinski definition) is 1. The molecule has 200 valence electrons. The van der Waals surface area contributed by atoms with E-state index in [1.54, 1.807) is 19.1 Å². The van der Waals surface area contributed by atoms with Gasteiger partial charge in [-0.3, -0.25) is 4.90 Å². The Labute approximate surface area is 219 Å². The number of aliphatic hydroxyl groups excluding tert-OH is 1. The zero-order chi connectivity index (χ0) is 26.9. The lowest BCUT2D eigenvalue weighted by Crippen LogP contribution is -2.41. The van der Waals surface area contributed by atoms with Gasteiger partial charge in [0.25, 0.3) is 0 Å². The molecule has 0 spiro atoms. The topological polar surface area (TPSA) is 59.0 Å². The van der Waals surface area contributed by atoms with Gasteiger partial charge in [0.1, 0.15) is 18.0 Å². The molecule has 2 aromatic carbocycles. The first kappa shape index (κ1) is 26.1. The number of carbonyl (C=O) groups is 1. The second-order valence-electron chi connectivity index (χ2n) is 10.2. The molecule has 8 heteroatoms. The van der Waals surface area contributed by atoms with E-state index < -0.39 is 23.3 Å². The summed E-state index contributed by atoms with van der Waals surface area (Å²) in [5.41, 5.74) is 1.00. The summed E-state index contributed by atoms with van der Waals surface area (Å²) in [5, 5.41) is 10.1. The molecule has 1 N–H and O–H groups in total. The Kier molecular flexibility index (Phi) is 7.09. The van der Waals surface area contributed by atoms with Gasteiger partial charge in [-0.05, 0) is 86.3 Å². The third-order valence-corrected chi connectivity index (χ3v) is 7.36. The number of allylic oxidation sites excluding steroid dienone is 2. The molecule has 38 heavy (non-hydrogen) atoms. The average molecular weight is 526 g/mol. The highest BCUT2D eigenvalue weighted by molar-refractivity contribution is 6.19. The molecule has 2 aromatic rings. The number of ether oxygens (including phenoxy) is 2. The van der Waals surface area contributed by atoms with Gasteiger partial charge >= 0.3 is 12.1 Å². The van der Waals surface area contributed by atoms with Crippen LogP contribution in [0.15, 0.2) is 77.6 Å². The first-order valence-electron chi connectivity index (χ1n) is 12.8. The number of halogens is 3. The Balaban J connectivity index is 1.44. The van der Waals surface area contributed by atoms with Crippen LogP contribution in [0.5, 0.6) is 5.75 Å². The third kappa shape index (κ3) is 5.50. The van der Waals surface area contributed by atoms with Gasteiger partial charge in [0.05, 0.1) is 16.9 Å². The molecule has 0 aromatic heterocycles. The van der Waals surface area contributed by atoms with E-state index in [1.807, 2.05) is 24.3 Å². The highest BCUT2D eigenvalue weighted by Crippen LogP contribution is 2.45. The molecule has 1 fully saturated rings. The van der Waals surface area contributed by atoms with Gasteiger partial charge in [0.2, 0.25) is 0 Å². The average Bonchev–Trinajstić information content (AvgIpc) is 3.37. The zero-order valence-corrected chi connectivity index (χ0v) is 21.2. The van der Waals surface area contributed by atoms with Crippen LogP contribution in [0.25, 0.3) is 5.57 Å². The van der Waals surface area contributed by atoms with Crippen LogP contribution in [-0.4, -0.2) is 47.8 Å². The minimum atomic E-state index is -4.48. The van der Waals surface area contributed by atoms with Crippen LogP contribution in [0, 0.1) is 0 Å². The van der Waals surface area contributed by atoms with Gasteiger partial charge in [-0.25, -0.2) is 4.79 Å². The summed E-state index contributed by atoms with van der Waals surface area (Å²) in [5.74, 6) is 0.218.